The van der Waals surface area contributed by atoms with Gasteiger partial charge >= 0.3 is 17.9 Å². The molecule has 81 heavy (non-hydrogen) atoms. The average Bonchev–Trinajstić information content (AvgIpc) is 3.47. The van der Waals surface area contributed by atoms with E-state index in [2.05, 4.69) is 167 Å². The highest BCUT2D eigenvalue weighted by Crippen LogP contribution is 2.15. The number of hydrogen-bond acceptors (Lipinski definition) is 6. The van der Waals surface area contributed by atoms with Gasteiger partial charge in [0.1, 0.15) is 13.2 Å². The fourth-order valence-electron chi connectivity index (χ4n) is 8.89. The van der Waals surface area contributed by atoms with Crippen molar-refractivity contribution in [3.05, 3.63) is 146 Å². The standard InChI is InChI=1S/C75H122O6/c1-4-7-10-13-16-19-22-25-28-31-33-35-36-37-38-40-41-44-47-50-53-56-59-62-65-68-74(77)80-71-72(70-79-73(76)67-64-61-58-55-52-49-46-43-30-27-24-21-18-15-12-9-6-3)81-75(78)69-66-63-60-57-54-51-48-45-42-39-34-32-29-26-23-20-17-14-11-8-5-2/h8-9,11-12,17-18,20-22,25-27,29-31,33-34,39,45-46,48-49,55,58,72H,4-7,10,13-16,19,23-24,28,32,35-38,40-44,47,50-54,56-57,59-71H2,1-3H3/b11-8-,12-9-,20-17-,21-18-,25-22-,29-26-,30-27-,33-31-,39-34-,48-45-,49-46-,58-55-. The van der Waals surface area contributed by atoms with Crippen LogP contribution in [0.2, 0.25) is 0 Å². The first-order chi connectivity index (χ1) is 40.0. The highest BCUT2D eigenvalue weighted by atomic mass is 16.6. The molecule has 0 aromatic rings. The van der Waals surface area contributed by atoms with Crippen molar-refractivity contribution in [3.8, 4) is 0 Å². The molecule has 0 amide bonds. The van der Waals surface area contributed by atoms with Crippen LogP contribution in [0.25, 0.3) is 0 Å². The summed E-state index contributed by atoms with van der Waals surface area (Å²) in [5, 5.41) is 0. The second kappa shape index (κ2) is 67.8. The van der Waals surface area contributed by atoms with Crippen molar-refractivity contribution in [2.24, 2.45) is 0 Å². The minimum atomic E-state index is -0.820. The molecule has 0 rings (SSSR count). The fourth-order valence-corrected chi connectivity index (χ4v) is 8.89. The summed E-state index contributed by atoms with van der Waals surface area (Å²) in [6.45, 7) is 6.35. The molecular formula is C75H122O6. The summed E-state index contributed by atoms with van der Waals surface area (Å²) < 4.78 is 16.9. The first-order valence-corrected chi connectivity index (χ1v) is 33.3. The van der Waals surface area contributed by atoms with Gasteiger partial charge in [0.25, 0.3) is 0 Å². The van der Waals surface area contributed by atoms with Gasteiger partial charge in [0.15, 0.2) is 6.10 Å². The van der Waals surface area contributed by atoms with Crippen LogP contribution in [0, 0.1) is 0 Å². The van der Waals surface area contributed by atoms with Crippen LogP contribution in [0.4, 0.5) is 0 Å². The second-order valence-corrected chi connectivity index (χ2v) is 21.6. The SMILES string of the molecule is CC/C=C\C/C=C\C/C=C\C/C=C\C/C=C\CCCCCCCC(=O)OC(COC(=O)CCC/C=C\C/C=C\C/C=C\C/C=C\C/C=C\CC)COC(=O)CCCCCCCCCCCCCCC/C=C\C/C=C\CCCCCCC. The lowest BCUT2D eigenvalue weighted by molar-refractivity contribution is -0.167. The highest BCUT2D eigenvalue weighted by molar-refractivity contribution is 5.71. The van der Waals surface area contributed by atoms with Gasteiger partial charge in [-0.05, 0) is 135 Å². The smallest absolute Gasteiger partial charge is 0.306 e. The molecule has 0 aromatic heterocycles. The van der Waals surface area contributed by atoms with Crippen molar-refractivity contribution in [2.45, 2.75) is 297 Å². The Morgan fingerprint density at radius 2 is 0.494 bits per heavy atom. The third-order valence-electron chi connectivity index (χ3n) is 13.8. The molecule has 1 unspecified atom stereocenters. The summed E-state index contributed by atoms with van der Waals surface area (Å²) in [4.78, 5) is 38.4. The van der Waals surface area contributed by atoms with E-state index in [9.17, 15) is 14.4 Å². The zero-order valence-corrected chi connectivity index (χ0v) is 52.5. The van der Waals surface area contributed by atoms with Gasteiger partial charge in [-0.15, -0.1) is 0 Å². The number of ether oxygens (including phenoxy) is 3. The van der Waals surface area contributed by atoms with Gasteiger partial charge in [-0.1, -0.05) is 282 Å². The van der Waals surface area contributed by atoms with Gasteiger partial charge in [-0.2, -0.15) is 0 Å². The molecule has 0 bridgehead atoms. The van der Waals surface area contributed by atoms with Gasteiger partial charge in [0.2, 0.25) is 0 Å². The molecular weight excluding hydrogens is 997 g/mol. The predicted octanol–water partition coefficient (Wildman–Crippen LogP) is 23.1. The molecule has 0 N–H and O–H groups in total. The van der Waals surface area contributed by atoms with Crippen molar-refractivity contribution in [1.82, 2.24) is 0 Å². The fraction of sp³-hybridized carbons (Fsp3) is 0.640. The summed E-state index contributed by atoms with van der Waals surface area (Å²) >= 11 is 0. The number of carbonyl (C=O) groups is 3. The van der Waals surface area contributed by atoms with E-state index in [1.165, 1.54) is 109 Å². The third-order valence-corrected chi connectivity index (χ3v) is 13.8. The maximum absolute atomic E-state index is 12.9. The Balaban J connectivity index is 4.47. The number of rotatable bonds is 59. The molecule has 0 saturated heterocycles. The maximum atomic E-state index is 12.9. The molecule has 0 saturated carbocycles. The lowest BCUT2D eigenvalue weighted by Crippen LogP contribution is -2.30. The topological polar surface area (TPSA) is 78.9 Å². The van der Waals surface area contributed by atoms with Crippen LogP contribution in [-0.4, -0.2) is 37.2 Å². The minimum Gasteiger partial charge on any atom is -0.462 e. The van der Waals surface area contributed by atoms with E-state index < -0.39 is 6.10 Å². The summed E-state index contributed by atoms with van der Waals surface area (Å²) in [7, 11) is 0. The molecule has 6 nitrogen and oxygen atoms in total. The Morgan fingerprint density at radius 1 is 0.259 bits per heavy atom. The zero-order valence-electron chi connectivity index (χ0n) is 52.5. The molecule has 0 fully saturated rings. The monoisotopic (exact) mass is 1120 g/mol. The molecule has 0 aromatic carbocycles. The predicted molar refractivity (Wildman–Crippen MR) is 352 cm³/mol. The molecule has 0 aliphatic heterocycles. The maximum Gasteiger partial charge on any atom is 0.306 e. The van der Waals surface area contributed by atoms with Crippen molar-refractivity contribution < 1.29 is 28.6 Å². The molecule has 0 spiro atoms. The van der Waals surface area contributed by atoms with Gasteiger partial charge in [-0.25, -0.2) is 0 Å². The molecule has 458 valence electrons. The second-order valence-electron chi connectivity index (χ2n) is 21.6. The van der Waals surface area contributed by atoms with Crippen molar-refractivity contribution >= 4 is 17.9 Å². The van der Waals surface area contributed by atoms with E-state index in [-0.39, 0.29) is 44.0 Å². The van der Waals surface area contributed by atoms with Crippen LogP contribution in [0.3, 0.4) is 0 Å². The molecule has 0 aliphatic carbocycles. The Bertz CT molecular complexity index is 1760. The summed E-state index contributed by atoms with van der Waals surface area (Å²) in [6.07, 6.45) is 97.2. The van der Waals surface area contributed by atoms with E-state index in [0.29, 0.717) is 12.8 Å². The van der Waals surface area contributed by atoms with E-state index >= 15 is 0 Å². The van der Waals surface area contributed by atoms with Crippen molar-refractivity contribution in [2.75, 3.05) is 13.2 Å². The number of unbranched alkanes of at least 4 members (excludes halogenated alkanes) is 24. The first-order valence-electron chi connectivity index (χ1n) is 33.3. The van der Waals surface area contributed by atoms with Gasteiger partial charge in [-0.3, -0.25) is 14.4 Å². The summed E-state index contributed by atoms with van der Waals surface area (Å²) in [5.41, 5.74) is 0. The quantitative estimate of drug-likeness (QED) is 0.0261. The normalized spacial score (nSPS) is 13.1. The van der Waals surface area contributed by atoms with Gasteiger partial charge in [0, 0.05) is 19.3 Å². The molecule has 0 heterocycles. The molecule has 0 radical (unpaired) electrons. The van der Waals surface area contributed by atoms with Gasteiger partial charge in [0.05, 0.1) is 0 Å². The Labute approximate surface area is 499 Å². The van der Waals surface area contributed by atoms with Crippen molar-refractivity contribution in [3.63, 3.8) is 0 Å². The largest absolute Gasteiger partial charge is 0.462 e. The number of esters is 3. The van der Waals surface area contributed by atoms with Crippen LogP contribution < -0.4 is 0 Å². The highest BCUT2D eigenvalue weighted by Gasteiger charge is 2.19. The molecule has 6 heteroatoms. The van der Waals surface area contributed by atoms with Gasteiger partial charge < -0.3 is 14.2 Å². The summed E-state index contributed by atoms with van der Waals surface area (Å²) in [5.74, 6) is -0.987. The van der Waals surface area contributed by atoms with Crippen LogP contribution >= 0.6 is 0 Å². The summed E-state index contributed by atoms with van der Waals surface area (Å²) in [6, 6.07) is 0. The van der Waals surface area contributed by atoms with E-state index in [1.54, 1.807) is 0 Å². The molecule has 1 atom stereocenters. The molecule has 0 aliphatic rings. The van der Waals surface area contributed by atoms with Crippen molar-refractivity contribution in [1.29, 1.82) is 0 Å². The first kappa shape index (κ1) is 76.3. The lowest BCUT2D eigenvalue weighted by atomic mass is 10.0. The van der Waals surface area contributed by atoms with Crippen LogP contribution in [-0.2, 0) is 28.6 Å². The minimum absolute atomic E-state index is 0.109. The van der Waals surface area contributed by atoms with Crippen LogP contribution in [0.1, 0.15) is 290 Å². The Morgan fingerprint density at radius 3 is 0.802 bits per heavy atom. The van der Waals surface area contributed by atoms with E-state index in [0.717, 1.165) is 135 Å². The van der Waals surface area contributed by atoms with E-state index in [4.69, 9.17) is 14.2 Å². The van der Waals surface area contributed by atoms with Crippen LogP contribution in [0.15, 0.2) is 146 Å². The lowest BCUT2D eigenvalue weighted by Gasteiger charge is -2.18. The number of hydrogen-bond donors (Lipinski definition) is 0. The Hall–Kier alpha value is -4.71. The van der Waals surface area contributed by atoms with E-state index in [1.807, 2.05) is 0 Å². The average molecular weight is 1120 g/mol. The third kappa shape index (κ3) is 66.0. The number of carbonyl (C=O) groups excluding carboxylic acids is 3. The Kier molecular flexibility index (Phi) is 63.9. The number of allylic oxidation sites excluding steroid dienone is 24. The van der Waals surface area contributed by atoms with Crippen LogP contribution in [0.5, 0.6) is 0 Å². The zero-order chi connectivity index (χ0) is 58.5.